The van der Waals surface area contributed by atoms with E-state index in [4.69, 9.17) is 5.11 Å². The largest absolute Gasteiger partial charge is 0.480 e. The molecular weight excluding hydrogens is 248 g/mol. The molecule has 1 unspecified atom stereocenters. The Balaban J connectivity index is 3.70. The van der Waals surface area contributed by atoms with E-state index >= 15 is 0 Å². The molecule has 0 aliphatic heterocycles. The standard InChI is InChI=1S/C13H22N2O4/c1-3-7-11(13(18)19)15-12(17)8-5-4-6-9-14-10(2)16/h3,11H,1,4-9H2,2H3,(H,14,16)(H,15,17)(H,18,19). The summed E-state index contributed by atoms with van der Waals surface area (Å²) in [6, 6.07) is -0.899. The first kappa shape index (κ1) is 17.2. The zero-order chi connectivity index (χ0) is 14.7. The molecule has 1 atom stereocenters. The lowest BCUT2D eigenvalue weighted by molar-refractivity contribution is -0.141. The molecule has 0 spiro atoms. The van der Waals surface area contributed by atoms with Gasteiger partial charge in [-0.15, -0.1) is 6.58 Å². The highest BCUT2D eigenvalue weighted by molar-refractivity contribution is 5.83. The lowest BCUT2D eigenvalue weighted by Gasteiger charge is -2.12. The van der Waals surface area contributed by atoms with E-state index in [-0.39, 0.29) is 18.2 Å². The van der Waals surface area contributed by atoms with Crippen LogP contribution in [0.25, 0.3) is 0 Å². The van der Waals surface area contributed by atoms with Gasteiger partial charge in [0.1, 0.15) is 6.04 Å². The molecule has 6 heteroatoms. The van der Waals surface area contributed by atoms with Crippen LogP contribution in [0.4, 0.5) is 0 Å². The number of carboxylic acid groups (broad SMARTS) is 1. The van der Waals surface area contributed by atoms with E-state index in [0.29, 0.717) is 19.4 Å². The highest BCUT2D eigenvalue weighted by atomic mass is 16.4. The van der Waals surface area contributed by atoms with Crippen LogP contribution in [0.5, 0.6) is 0 Å². The number of nitrogens with one attached hydrogen (secondary N) is 2. The van der Waals surface area contributed by atoms with Crippen molar-refractivity contribution >= 4 is 17.8 Å². The third-order valence-electron chi connectivity index (χ3n) is 2.49. The van der Waals surface area contributed by atoms with Crippen LogP contribution in [0.3, 0.4) is 0 Å². The number of hydrogen-bond donors (Lipinski definition) is 3. The van der Waals surface area contributed by atoms with Crippen molar-refractivity contribution in [1.29, 1.82) is 0 Å². The van der Waals surface area contributed by atoms with Crippen molar-refractivity contribution in [3.05, 3.63) is 12.7 Å². The summed E-state index contributed by atoms with van der Waals surface area (Å²) in [6.07, 6.45) is 4.26. The molecule has 6 nitrogen and oxygen atoms in total. The average Bonchev–Trinajstić information content (AvgIpc) is 2.32. The molecule has 0 heterocycles. The molecule has 0 radical (unpaired) electrons. The number of carbonyl (C=O) groups excluding carboxylic acids is 2. The minimum absolute atomic E-state index is 0.0635. The van der Waals surface area contributed by atoms with Crippen LogP contribution >= 0.6 is 0 Å². The van der Waals surface area contributed by atoms with Crippen molar-refractivity contribution in [3.63, 3.8) is 0 Å². The second kappa shape index (κ2) is 10.1. The Morgan fingerprint density at radius 1 is 1.26 bits per heavy atom. The van der Waals surface area contributed by atoms with E-state index in [1.165, 1.54) is 13.0 Å². The highest BCUT2D eigenvalue weighted by Gasteiger charge is 2.17. The maximum Gasteiger partial charge on any atom is 0.326 e. The first-order chi connectivity index (χ1) is 8.97. The zero-order valence-corrected chi connectivity index (χ0v) is 11.3. The maximum atomic E-state index is 11.5. The van der Waals surface area contributed by atoms with Gasteiger partial charge in [-0.2, -0.15) is 0 Å². The second-order valence-corrected chi connectivity index (χ2v) is 4.28. The summed E-state index contributed by atoms with van der Waals surface area (Å²) in [7, 11) is 0. The van der Waals surface area contributed by atoms with Gasteiger partial charge in [-0.05, 0) is 19.3 Å². The third kappa shape index (κ3) is 9.82. The van der Waals surface area contributed by atoms with Gasteiger partial charge >= 0.3 is 5.97 Å². The predicted molar refractivity (Wildman–Crippen MR) is 71.5 cm³/mol. The summed E-state index contributed by atoms with van der Waals surface area (Å²) < 4.78 is 0. The summed E-state index contributed by atoms with van der Waals surface area (Å²) >= 11 is 0. The fraction of sp³-hybridized carbons (Fsp3) is 0.615. The Labute approximate surface area is 113 Å². The third-order valence-corrected chi connectivity index (χ3v) is 2.49. The average molecular weight is 270 g/mol. The highest BCUT2D eigenvalue weighted by Crippen LogP contribution is 2.01. The van der Waals surface area contributed by atoms with E-state index in [1.54, 1.807) is 0 Å². The molecule has 0 saturated carbocycles. The lowest BCUT2D eigenvalue weighted by Crippen LogP contribution is -2.40. The molecule has 2 amide bonds. The molecule has 0 aromatic rings. The molecule has 19 heavy (non-hydrogen) atoms. The molecule has 0 saturated heterocycles. The van der Waals surface area contributed by atoms with Crippen LogP contribution in [0.1, 0.15) is 39.0 Å². The van der Waals surface area contributed by atoms with E-state index in [0.717, 1.165) is 12.8 Å². The van der Waals surface area contributed by atoms with Gasteiger partial charge in [0, 0.05) is 19.9 Å². The number of aliphatic carboxylic acids is 1. The number of carboxylic acids is 1. The van der Waals surface area contributed by atoms with Crippen LogP contribution in [-0.4, -0.2) is 35.5 Å². The molecular formula is C13H22N2O4. The normalized spacial score (nSPS) is 11.4. The van der Waals surface area contributed by atoms with Crippen molar-refractivity contribution in [2.24, 2.45) is 0 Å². The lowest BCUT2D eigenvalue weighted by atomic mass is 10.1. The molecule has 3 N–H and O–H groups in total. The van der Waals surface area contributed by atoms with Gasteiger partial charge < -0.3 is 15.7 Å². The monoisotopic (exact) mass is 270 g/mol. The van der Waals surface area contributed by atoms with E-state index < -0.39 is 12.0 Å². The Kier molecular flexibility index (Phi) is 9.12. The minimum Gasteiger partial charge on any atom is -0.480 e. The smallest absolute Gasteiger partial charge is 0.326 e. The van der Waals surface area contributed by atoms with Crippen LogP contribution in [0.2, 0.25) is 0 Å². The molecule has 0 bridgehead atoms. The number of unbranched alkanes of at least 4 members (excludes halogenated alkanes) is 2. The first-order valence-electron chi connectivity index (χ1n) is 6.35. The fourth-order valence-electron chi connectivity index (χ4n) is 1.51. The van der Waals surface area contributed by atoms with E-state index in [9.17, 15) is 14.4 Å². The van der Waals surface area contributed by atoms with Crippen molar-refractivity contribution in [1.82, 2.24) is 10.6 Å². The van der Waals surface area contributed by atoms with E-state index in [2.05, 4.69) is 17.2 Å². The number of hydrogen-bond acceptors (Lipinski definition) is 3. The molecule has 0 aromatic heterocycles. The van der Waals surface area contributed by atoms with Gasteiger partial charge in [0.15, 0.2) is 0 Å². The van der Waals surface area contributed by atoms with Gasteiger partial charge in [0.2, 0.25) is 11.8 Å². The van der Waals surface area contributed by atoms with Crippen molar-refractivity contribution in [2.45, 2.75) is 45.1 Å². The molecule has 0 fully saturated rings. The predicted octanol–water partition coefficient (Wildman–Crippen LogP) is 0.828. The van der Waals surface area contributed by atoms with Gasteiger partial charge in [-0.3, -0.25) is 9.59 Å². The molecule has 108 valence electrons. The summed E-state index contributed by atoms with van der Waals surface area (Å²) in [5.41, 5.74) is 0. The molecule has 0 aliphatic carbocycles. The summed E-state index contributed by atoms with van der Waals surface area (Å²) in [5, 5.41) is 14.0. The van der Waals surface area contributed by atoms with Gasteiger partial charge in [0.05, 0.1) is 0 Å². The van der Waals surface area contributed by atoms with Crippen LogP contribution in [-0.2, 0) is 14.4 Å². The van der Waals surface area contributed by atoms with Crippen molar-refractivity contribution in [2.75, 3.05) is 6.54 Å². The van der Waals surface area contributed by atoms with Crippen LogP contribution < -0.4 is 10.6 Å². The van der Waals surface area contributed by atoms with Gasteiger partial charge in [-0.1, -0.05) is 12.5 Å². The summed E-state index contributed by atoms with van der Waals surface area (Å²) in [5.74, 6) is -1.39. The minimum atomic E-state index is -1.06. The SMILES string of the molecule is C=CCC(NC(=O)CCCCCNC(C)=O)C(=O)O. The molecule has 0 rings (SSSR count). The Morgan fingerprint density at radius 2 is 1.95 bits per heavy atom. The Morgan fingerprint density at radius 3 is 2.47 bits per heavy atom. The fourth-order valence-corrected chi connectivity index (χ4v) is 1.51. The second-order valence-electron chi connectivity index (χ2n) is 4.28. The maximum absolute atomic E-state index is 11.5. The Bertz CT molecular complexity index is 329. The quantitative estimate of drug-likeness (QED) is 0.404. The molecule has 0 aromatic carbocycles. The van der Waals surface area contributed by atoms with Crippen molar-refractivity contribution in [3.8, 4) is 0 Å². The van der Waals surface area contributed by atoms with Crippen LogP contribution in [0.15, 0.2) is 12.7 Å². The van der Waals surface area contributed by atoms with Gasteiger partial charge in [-0.25, -0.2) is 4.79 Å². The number of amides is 2. The summed E-state index contributed by atoms with van der Waals surface area (Å²) in [4.78, 5) is 32.9. The summed E-state index contributed by atoms with van der Waals surface area (Å²) in [6.45, 7) is 5.51. The molecule has 0 aliphatic rings. The Hall–Kier alpha value is -1.85. The topological polar surface area (TPSA) is 95.5 Å². The van der Waals surface area contributed by atoms with E-state index in [1.807, 2.05) is 0 Å². The van der Waals surface area contributed by atoms with Gasteiger partial charge in [0.25, 0.3) is 0 Å². The first-order valence-corrected chi connectivity index (χ1v) is 6.35. The number of rotatable bonds is 10. The van der Waals surface area contributed by atoms with Crippen LogP contribution in [0, 0.1) is 0 Å². The zero-order valence-electron chi connectivity index (χ0n) is 11.3. The van der Waals surface area contributed by atoms with Crippen molar-refractivity contribution < 1.29 is 19.5 Å². The number of carbonyl (C=O) groups is 3.